The van der Waals surface area contributed by atoms with Crippen LogP contribution in [0.1, 0.15) is 10.5 Å². The first-order valence-corrected chi connectivity index (χ1v) is 8.55. The van der Waals surface area contributed by atoms with Crippen LogP contribution in [0.3, 0.4) is 0 Å². The van der Waals surface area contributed by atoms with E-state index >= 15 is 0 Å². The van der Waals surface area contributed by atoms with Crippen molar-refractivity contribution < 1.29 is 18.3 Å². The van der Waals surface area contributed by atoms with Gasteiger partial charge in [-0.05, 0) is 48.5 Å². The molecule has 0 spiro atoms. The standard InChI is InChI=1S/C16H12N4O4S/c17-25(23,24)12-4-1-10(2-5-12)19-20-14-7-8-15(22)16-13(14)6-3-11(9-21)18-16/h1-9,22H,(H2,17,23,24). The summed E-state index contributed by atoms with van der Waals surface area (Å²) in [5.41, 5.74) is 1.29. The predicted molar refractivity (Wildman–Crippen MR) is 90.8 cm³/mol. The number of phenols is 1. The Labute approximate surface area is 142 Å². The van der Waals surface area contributed by atoms with Gasteiger partial charge >= 0.3 is 0 Å². The van der Waals surface area contributed by atoms with Crippen molar-refractivity contribution in [2.24, 2.45) is 15.4 Å². The van der Waals surface area contributed by atoms with Crippen molar-refractivity contribution in [2.75, 3.05) is 0 Å². The highest BCUT2D eigenvalue weighted by Crippen LogP contribution is 2.32. The summed E-state index contributed by atoms with van der Waals surface area (Å²) in [5, 5.41) is 23.6. The van der Waals surface area contributed by atoms with Crippen LogP contribution in [0.15, 0.2) is 63.7 Å². The molecule has 9 heteroatoms. The number of fused-ring (bicyclic) bond motifs is 1. The monoisotopic (exact) mass is 356 g/mol. The fourth-order valence-corrected chi connectivity index (χ4v) is 2.69. The van der Waals surface area contributed by atoms with Gasteiger partial charge in [0.1, 0.15) is 17.0 Å². The van der Waals surface area contributed by atoms with Crippen molar-refractivity contribution in [2.45, 2.75) is 4.90 Å². The van der Waals surface area contributed by atoms with E-state index in [0.717, 1.165) is 0 Å². The number of benzene rings is 2. The highest BCUT2D eigenvalue weighted by Gasteiger charge is 2.09. The van der Waals surface area contributed by atoms with Crippen LogP contribution in [0.5, 0.6) is 5.75 Å². The number of aromatic hydroxyl groups is 1. The third-order valence-electron chi connectivity index (χ3n) is 3.39. The summed E-state index contributed by atoms with van der Waals surface area (Å²) >= 11 is 0. The highest BCUT2D eigenvalue weighted by molar-refractivity contribution is 7.89. The molecular weight excluding hydrogens is 344 g/mol. The molecule has 0 saturated carbocycles. The summed E-state index contributed by atoms with van der Waals surface area (Å²) in [7, 11) is -3.76. The lowest BCUT2D eigenvalue weighted by atomic mass is 10.1. The van der Waals surface area contributed by atoms with Crippen LogP contribution in [0, 0.1) is 0 Å². The maximum atomic E-state index is 11.2. The normalized spacial score (nSPS) is 11.9. The molecule has 0 aliphatic rings. The Balaban J connectivity index is 1.99. The van der Waals surface area contributed by atoms with Gasteiger partial charge in [-0.1, -0.05) is 0 Å². The number of pyridine rings is 1. The highest BCUT2D eigenvalue weighted by atomic mass is 32.2. The van der Waals surface area contributed by atoms with E-state index in [4.69, 9.17) is 5.14 Å². The first kappa shape index (κ1) is 16.7. The van der Waals surface area contributed by atoms with Gasteiger partial charge in [0.05, 0.1) is 16.3 Å². The summed E-state index contributed by atoms with van der Waals surface area (Å²) in [6.45, 7) is 0. The number of nitrogens with two attached hydrogens (primary N) is 1. The van der Waals surface area contributed by atoms with Gasteiger partial charge in [0.2, 0.25) is 10.0 Å². The molecule has 0 atom stereocenters. The number of hydrogen-bond acceptors (Lipinski definition) is 7. The molecule has 0 aliphatic carbocycles. The second kappa shape index (κ2) is 6.38. The number of primary sulfonamides is 1. The van der Waals surface area contributed by atoms with Crippen LogP contribution in [-0.2, 0) is 10.0 Å². The van der Waals surface area contributed by atoms with E-state index in [1.807, 2.05) is 0 Å². The number of phenolic OH excluding ortho intramolecular Hbond substituents is 1. The molecular formula is C16H12N4O4S. The number of aldehydes is 1. The third-order valence-corrected chi connectivity index (χ3v) is 4.32. The first-order chi connectivity index (χ1) is 11.9. The quantitative estimate of drug-likeness (QED) is 0.547. The fourth-order valence-electron chi connectivity index (χ4n) is 2.17. The lowest BCUT2D eigenvalue weighted by Crippen LogP contribution is -2.11. The Morgan fingerprint density at radius 1 is 1.00 bits per heavy atom. The molecule has 8 nitrogen and oxygen atoms in total. The van der Waals surface area contributed by atoms with Gasteiger partial charge in [-0.2, -0.15) is 5.11 Å². The van der Waals surface area contributed by atoms with Gasteiger partial charge in [-0.3, -0.25) is 4.79 Å². The first-order valence-electron chi connectivity index (χ1n) is 7.01. The fraction of sp³-hybridized carbons (Fsp3) is 0. The third kappa shape index (κ3) is 3.52. The van der Waals surface area contributed by atoms with Gasteiger partial charge < -0.3 is 5.11 Å². The lowest BCUT2D eigenvalue weighted by Gasteiger charge is -2.04. The molecule has 3 rings (SSSR count). The van der Waals surface area contributed by atoms with Gasteiger partial charge in [0.15, 0.2) is 6.29 Å². The Bertz CT molecular complexity index is 1090. The summed E-state index contributed by atoms with van der Waals surface area (Å²) in [4.78, 5) is 14.8. The number of nitrogens with zero attached hydrogens (tertiary/aromatic N) is 3. The average Bonchev–Trinajstić information content (AvgIpc) is 2.60. The molecule has 0 aliphatic heterocycles. The zero-order chi connectivity index (χ0) is 18.0. The predicted octanol–water partition coefficient (Wildman–Crippen LogP) is 2.82. The number of azo groups is 1. The Morgan fingerprint density at radius 3 is 2.36 bits per heavy atom. The van der Waals surface area contributed by atoms with Crippen molar-refractivity contribution >= 4 is 38.6 Å². The molecule has 25 heavy (non-hydrogen) atoms. The van der Waals surface area contributed by atoms with E-state index in [9.17, 15) is 18.3 Å². The summed E-state index contributed by atoms with van der Waals surface area (Å²) in [6, 6.07) is 11.7. The number of carbonyl (C=O) groups excluding carboxylic acids is 1. The smallest absolute Gasteiger partial charge is 0.238 e. The van der Waals surface area contributed by atoms with E-state index in [-0.39, 0.29) is 21.9 Å². The number of carbonyl (C=O) groups is 1. The average molecular weight is 356 g/mol. The molecule has 1 aromatic heterocycles. The molecule has 3 N–H and O–H groups in total. The second-order valence-corrected chi connectivity index (χ2v) is 6.65. The molecule has 0 unspecified atom stereocenters. The van der Waals surface area contributed by atoms with Gasteiger partial charge in [-0.15, -0.1) is 5.11 Å². The van der Waals surface area contributed by atoms with E-state index < -0.39 is 10.0 Å². The molecule has 126 valence electrons. The zero-order valence-corrected chi connectivity index (χ0v) is 13.5. The number of aromatic nitrogens is 1. The van der Waals surface area contributed by atoms with E-state index in [0.29, 0.717) is 23.0 Å². The second-order valence-electron chi connectivity index (χ2n) is 5.09. The van der Waals surface area contributed by atoms with Crippen molar-refractivity contribution in [1.82, 2.24) is 4.98 Å². The minimum atomic E-state index is -3.76. The summed E-state index contributed by atoms with van der Waals surface area (Å²) in [6.07, 6.45) is 0.583. The van der Waals surface area contributed by atoms with Gasteiger partial charge in [0, 0.05) is 5.39 Å². The number of rotatable bonds is 4. The molecule has 2 aromatic carbocycles. The van der Waals surface area contributed by atoms with Crippen LogP contribution >= 0.6 is 0 Å². The van der Waals surface area contributed by atoms with Crippen molar-refractivity contribution in [3.05, 3.63) is 54.2 Å². The molecule has 3 aromatic rings. The summed E-state index contributed by atoms with van der Waals surface area (Å²) < 4.78 is 22.4. The molecule has 0 radical (unpaired) electrons. The molecule has 1 heterocycles. The molecule has 0 bridgehead atoms. The van der Waals surface area contributed by atoms with E-state index in [1.165, 1.54) is 36.4 Å². The molecule has 0 saturated heterocycles. The zero-order valence-electron chi connectivity index (χ0n) is 12.7. The van der Waals surface area contributed by atoms with E-state index in [1.54, 1.807) is 12.1 Å². The SMILES string of the molecule is NS(=O)(=O)c1ccc(N=Nc2ccc(O)c3nc(C=O)ccc23)cc1. The minimum Gasteiger partial charge on any atom is -0.506 e. The number of hydrogen-bond donors (Lipinski definition) is 2. The lowest BCUT2D eigenvalue weighted by molar-refractivity contribution is 0.111. The largest absolute Gasteiger partial charge is 0.506 e. The van der Waals surface area contributed by atoms with E-state index in [2.05, 4.69) is 15.2 Å². The Hall–Kier alpha value is -3.17. The van der Waals surface area contributed by atoms with Gasteiger partial charge in [-0.25, -0.2) is 18.5 Å². The van der Waals surface area contributed by atoms with Crippen LogP contribution < -0.4 is 5.14 Å². The van der Waals surface area contributed by atoms with Crippen LogP contribution in [0.4, 0.5) is 11.4 Å². The van der Waals surface area contributed by atoms with Crippen LogP contribution in [-0.4, -0.2) is 24.8 Å². The summed E-state index contributed by atoms with van der Waals surface area (Å²) in [5.74, 6) is -0.0739. The van der Waals surface area contributed by atoms with Crippen molar-refractivity contribution in [1.29, 1.82) is 0 Å². The maximum absolute atomic E-state index is 11.2. The Morgan fingerprint density at radius 2 is 1.72 bits per heavy atom. The molecule has 0 amide bonds. The minimum absolute atomic E-state index is 0.0212. The number of sulfonamides is 1. The maximum Gasteiger partial charge on any atom is 0.238 e. The van der Waals surface area contributed by atoms with Crippen LogP contribution in [0.2, 0.25) is 0 Å². The topological polar surface area (TPSA) is 135 Å². The van der Waals surface area contributed by atoms with Gasteiger partial charge in [0.25, 0.3) is 0 Å². The van der Waals surface area contributed by atoms with Crippen molar-refractivity contribution in [3.8, 4) is 5.75 Å². The Kier molecular flexibility index (Phi) is 4.26. The van der Waals surface area contributed by atoms with Crippen LogP contribution in [0.25, 0.3) is 10.9 Å². The van der Waals surface area contributed by atoms with Crippen molar-refractivity contribution in [3.63, 3.8) is 0 Å². The molecule has 0 fully saturated rings.